The molecule has 0 spiro atoms. The van der Waals surface area contributed by atoms with Crippen molar-refractivity contribution in [1.29, 1.82) is 0 Å². The van der Waals surface area contributed by atoms with E-state index in [1.807, 2.05) is 42.5 Å². The molecule has 9 rings (SSSR count). The molecule has 55 heavy (non-hydrogen) atoms. The molecule has 0 saturated carbocycles. The molecular weight excluding hydrogens is 698 g/mol. The fourth-order valence-corrected chi connectivity index (χ4v) is 9.42. The van der Waals surface area contributed by atoms with Crippen molar-refractivity contribution in [1.82, 2.24) is 15.1 Å². The Morgan fingerprint density at radius 1 is 0.782 bits per heavy atom. The predicted molar refractivity (Wildman–Crippen MR) is 207 cm³/mol. The number of carbonyl (C=O) groups is 3. The van der Waals surface area contributed by atoms with Gasteiger partial charge in [-0.05, 0) is 78.3 Å². The smallest absolute Gasteiger partial charge is 0.255 e. The quantitative estimate of drug-likeness (QED) is 0.235. The highest BCUT2D eigenvalue weighted by Gasteiger charge is 2.40. The Balaban J connectivity index is 0.794. The normalized spacial score (nSPS) is 23.3. The van der Waals surface area contributed by atoms with Crippen LogP contribution < -0.4 is 19.9 Å². The lowest BCUT2D eigenvalue weighted by molar-refractivity contribution is -0.136. The highest BCUT2D eigenvalue weighted by atomic mass is 19.1. The minimum Gasteiger partial charge on any atom is -0.508 e. The third kappa shape index (κ3) is 6.90. The van der Waals surface area contributed by atoms with Gasteiger partial charge in [0, 0.05) is 99.2 Å². The van der Waals surface area contributed by atoms with Crippen LogP contribution in [0.15, 0.2) is 84.9 Å². The van der Waals surface area contributed by atoms with Crippen LogP contribution >= 0.6 is 0 Å². The summed E-state index contributed by atoms with van der Waals surface area (Å²) < 4.78 is 22.3. The van der Waals surface area contributed by atoms with Crippen LogP contribution in [0.4, 0.5) is 15.8 Å². The number of piperidine rings is 2. The molecule has 3 fully saturated rings. The van der Waals surface area contributed by atoms with E-state index >= 15 is 4.39 Å². The minimum atomic E-state index is -0.607. The van der Waals surface area contributed by atoms with Crippen molar-refractivity contribution in [3.05, 3.63) is 119 Å². The highest BCUT2D eigenvalue weighted by molar-refractivity contribution is 6.05. The monoisotopic (exact) mass is 743 g/mol. The number of rotatable bonds is 7. The van der Waals surface area contributed by atoms with E-state index in [1.165, 1.54) is 0 Å². The molecule has 11 heteroatoms. The van der Waals surface area contributed by atoms with Crippen LogP contribution in [0.25, 0.3) is 0 Å². The SMILES string of the molecule is O=C1CC[C@H](N2Cc3cc(N4CCN(CC5CCN(c6ccc([C@H]7c8ccc(O)cc8OC[C@H]7c7ccccc7)c(F)c6)CC5)CC4)ccc3C2=O)C(=O)N1. The lowest BCUT2D eigenvalue weighted by Crippen LogP contribution is -2.52. The summed E-state index contributed by atoms with van der Waals surface area (Å²) in [5.74, 6) is -0.0165. The third-order valence-electron chi connectivity index (χ3n) is 12.4. The number of nitrogens with one attached hydrogen (secondary N) is 1. The summed E-state index contributed by atoms with van der Waals surface area (Å²) >= 11 is 0. The molecule has 0 aromatic heterocycles. The number of aromatic hydroxyl groups is 1. The van der Waals surface area contributed by atoms with Gasteiger partial charge < -0.3 is 24.5 Å². The van der Waals surface area contributed by atoms with Crippen LogP contribution in [-0.4, -0.2) is 91.1 Å². The number of fused-ring (bicyclic) bond motifs is 2. The van der Waals surface area contributed by atoms with Gasteiger partial charge in [-0.2, -0.15) is 0 Å². The Hall–Kier alpha value is -5.42. The number of phenols is 1. The summed E-state index contributed by atoms with van der Waals surface area (Å²) in [6.07, 6.45) is 2.72. The molecule has 2 N–H and O–H groups in total. The van der Waals surface area contributed by atoms with E-state index in [1.54, 1.807) is 23.1 Å². The van der Waals surface area contributed by atoms with Crippen molar-refractivity contribution >= 4 is 29.1 Å². The number of halogens is 1. The molecule has 4 aromatic rings. The summed E-state index contributed by atoms with van der Waals surface area (Å²) in [6.45, 7) is 7.34. The van der Waals surface area contributed by atoms with Gasteiger partial charge in [-0.3, -0.25) is 24.6 Å². The van der Waals surface area contributed by atoms with E-state index < -0.39 is 6.04 Å². The molecule has 0 radical (unpaired) electrons. The number of benzene rings is 4. The van der Waals surface area contributed by atoms with Gasteiger partial charge in [0.1, 0.15) is 23.4 Å². The second-order valence-electron chi connectivity index (χ2n) is 15.7. The Morgan fingerprint density at radius 3 is 2.27 bits per heavy atom. The predicted octanol–water partition coefficient (Wildman–Crippen LogP) is 5.64. The van der Waals surface area contributed by atoms with Crippen LogP contribution in [0.2, 0.25) is 0 Å². The average Bonchev–Trinajstić information content (AvgIpc) is 3.53. The van der Waals surface area contributed by atoms with Crippen molar-refractivity contribution in [3.8, 4) is 11.5 Å². The number of hydrogen-bond donors (Lipinski definition) is 2. The molecule has 3 saturated heterocycles. The second-order valence-corrected chi connectivity index (χ2v) is 15.7. The van der Waals surface area contributed by atoms with Crippen LogP contribution in [0.5, 0.6) is 11.5 Å². The number of nitrogens with zero attached hydrogens (tertiary/aromatic N) is 4. The molecule has 3 amide bonds. The van der Waals surface area contributed by atoms with Gasteiger partial charge in [-0.25, -0.2) is 4.39 Å². The summed E-state index contributed by atoms with van der Waals surface area (Å²) in [5.41, 5.74) is 6.21. The van der Waals surface area contributed by atoms with Gasteiger partial charge in [-0.1, -0.05) is 42.5 Å². The van der Waals surface area contributed by atoms with E-state index in [-0.39, 0.29) is 47.5 Å². The summed E-state index contributed by atoms with van der Waals surface area (Å²) in [7, 11) is 0. The molecular formula is C44H46FN5O5. The maximum atomic E-state index is 16.2. The minimum absolute atomic E-state index is 0.0619. The van der Waals surface area contributed by atoms with Crippen molar-refractivity contribution in [3.63, 3.8) is 0 Å². The Bertz CT molecular complexity index is 2110. The van der Waals surface area contributed by atoms with Gasteiger partial charge >= 0.3 is 0 Å². The largest absolute Gasteiger partial charge is 0.508 e. The Labute approximate surface area is 320 Å². The van der Waals surface area contributed by atoms with E-state index in [9.17, 15) is 19.5 Å². The molecule has 10 nitrogen and oxygen atoms in total. The zero-order valence-electron chi connectivity index (χ0n) is 30.8. The van der Waals surface area contributed by atoms with Gasteiger partial charge in [-0.15, -0.1) is 0 Å². The van der Waals surface area contributed by atoms with E-state index in [0.717, 1.165) is 86.7 Å². The highest BCUT2D eigenvalue weighted by Crippen LogP contribution is 2.48. The number of hydrogen-bond acceptors (Lipinski definition) is 8. The van der Waals surface area contributed by atoms with E-state index in [0.29, 0.717) is 42.4 Å². The van der Waals surface area contributed by atoms with Crippen LogP contribution in [0, 0.1) is 11.7 Å². The maximum absolute atomic E-state index is 16.2. The first-order valence-electron chi connectivity index (χ1n) is 19.6. The second kappa shape index (κ2) is 14.7. The number of ether oxygens (including phenoxy) is 1. The molecule has 0 aliphatic carbocycles. The first-order chi connectivity index (χ1) is 26.8. The van der Waals surface area contributed by atoms with Gasteiger partial charge in [0.25, 0.3) is 5.91 Å². The number of imide groups is 1. The Kier molecular flexibility index (Phi) is 9.41. The lowest BCUT2D eigenvalue weighted by Gasteiger charge is -2.40. The first-order valence-corrected chi connectivity index (χ1v) is 19.6. The fourth-order valence-electron chi connectivity index (χ4n) is 9.42. The van der Waals surface area contributed by atoms with Gasteiger partial charge in [0.05, 0.1) is 6.61 Å². The topological polar surface area (TPSA) is 106 Å². The number of amides is 3. The van der Waals surface area contributed by atoms with E-state index in [2.05, 4.69) is 44.3 Å². The first kappa shape index (κ1) is 35.3. The number of carbonyl (C=O) groups excluding carboxylic acids is 3. The standard InChI is InChI=1S/C44H46FN5O5/c45-38-23-32(7-10-35(38)42-36-11-8-33(51)24-40(36)55-27-37(42)29-4-2-1-3-5-29)48-16-14-28(15-17-48)25-47-18-20-49(21-19-47)31-6-9-34-30(22-31)26-50(44(34)54)39-12-13-41(52)46-43(39)53/h1-11,22-24,28,37,39,42,51H,12-21,25-27H2,(H,46,52,53)/t37-,39-,42-/m0/s1. The van der Waals surface area contributed by atoms with Crippen molar-refractivity contribution in [2.75, 3.05) is 62.2 Å². The molecule has 0 unspecified atom stereocenters. The van der Waals surface area contributed by atoms with Crippen molar-refractivity contribution in [2.45, 2.75) is 50.1 Å². The van der Waals surface area contributed by atoms with Crippen molar-refractivity contribution < 1.29 is 28.6 Å². The molecule has 5 aliphatic heterocycles. The average molecular weight is 744 g/mol. The van der Waals surface area contributed by atoms with Crippen molar-refractivity contribution in [2.24, 2.45) is 5.92 Å². The zero-order valence-corrected chi connectivity index (χ0v) is 30.8. The summed E-state index contributed by atoms with van der Waals surface area (Å²) in [6, 6.07) is 26.4. The summed E-state index contributed by atoms with van der Waals surface area (Å²) in [5, 5.41) is 12.5. The molecule has 284 valence electrons. The lowest BCUT2D eigenvalue weighted by atomic mass is 9.75. The molecule has 5 aliphatic rings. The zero-order chi connectivity index (χ0) is 37.6. The van der Waals surface area contributed by atoms with Crippen LogP contribution in [-0.2, 0) is 16.1 Å². The van der Waals surface area contributed by atoms with Gasteiger partial charge in [0.2, 0.25) is 11.8 Å². The number of piperazine rings is 1. The number of anilines is 2. The molecule has 5 heterocycles. The maximum Gasteiger partial charge on any atom is 0.255 e. The van der Waals surface area contributed by atoms with E-state index in [4.69, 9.17) is 4.74 Å². The van der Waals surface area contributed by atoms with Crippen LogP contribution in [0.1, 0.15) is 70.1 Å². The fraction of sp³-hybridized carbons (Fsp3) is 0.386. The third-order valence-corrected chi connectivity index (χ3v) is 12.4. The van der Waals surface area contributed by atoms with Crippen LogP contribution in [0.3, 0.4) is 0 Å². The molecule has 0 bridgehead atoms. The summed E-state index contributed by atoms with van der Waals surface area (Å²) in [4.78, 5) is 46.1. The Morgan fingerprint density at radius 2 is 1.51 bits per heavy atom. The molecule has 4 aromatic carbocycles. The number of phenolic OH excluding ortho intramolecular Hbond substituents is 1. The van der Waals surface area contributed by atoms with Gasteiger partial charge in [0.15, 0.2) is 0 Å². The molecule has 3 atom stereocenters.